The van der Waals surface area contributed by atoms with Gasteiger partial charge in [0.15, 0.2) is 0 Å². The number of unbranched alkanes of at least 4 members (excludes halogenated alkanes) is 1. The van der Waals surface area contributed by atoms with Crippen molar-refractivity contribution in [3.8, 4) is 0 Å². The van der Waals surface area contributed by atoms with Crippen molar-refractivity contribution in [2.24, 2.45) is 11.8 Å². The Hall–Kier alpha value is -3.35. The summed E-state index contributed by atoms with van der Waals surface area (Å²) in [5.41, 5.74) is 10.9. The van der Waals surface area contributed by atoms with Crippen molar-refractivity contribution in [2.75, 3.05) is 36.9 Å². The summed E-state index contributed by atoms with van der Waals surface area (Å²) in [4.78, 5) is 15.8. The molecular formula is C34H43ClN4O2. The standard InChI is InChI=1S/C34H43ClN4O2/c1-4-5-18-39(19-8-9-24-21-41-22-24)27-15-12-25(13-16-27)32(37)29-20-26(14-17-31(29)36)34(40)38-33(23(2)3)28-10-6-7-11-30(28)35/h6-7,10-17,20,23-24,33,37H,4-5,8-9,18-19,21-22,36H2,1-3H3,(H,38,40). The molecule has 1 aliphatic rings. The lowest BCUT2D eigenvalue weighted by Gasteiger charge is -2.29. The maximum Gasteiger partial charge on any atom is 0.251 e. The van der Waals surface area contributed by atoms with E-state index in [-0.39, 0.29) is 17.9 Å². The summed E-state index contributed by atoms with van der Waals surface area (Å²) in [6.45, 7) is 10.2. The average Bonchev–Trinajstić information content (AvgIpc) is 2.95. The first-order chi connectivity index (χ1) is 19.8. The lowest BCUT2D eigenvalue weighted by atomic mass is 9.94. The molecule has 1 heterocycles. The summed E-state index contributed by atoms with van der Waals surface area (Å²) in [6.07, 6.45) is 4.64. The molecule has 0 aliphatic carbocycles. The molecule has 6 nitrogen and oxygen atoms in total. The SMILES string of the molecule is CCCCN(CCCC1COC1)c1ccc(C(=N)c2cc(C(=O)NC(c3ccccc3Cl)C(C)C)ccc2N)cc1. The van der Waals surface area contributed by atoms with Gasteiger partial charge in [0.2, 0.25) is 0 Å². The van der Waals surface area contributed by atoms with E-state index in [4.69, 9.17) is 27.5 Å². The summed E-state index contributed by atoms with van der Waals surface area (Å²) in [5.74, 6) is 0.614. The highest BCUT2D eigenvalue weighted by Gasteiger charge is 2.22. The number of nitrogens with one attached hydrogen (secondary N) is 2. The van der Waals surface area contributed by atoms with Crippen LogP contribution in [0, 0.1) is 17.2 Å². The Morgan fingerprint density at radius 3 is 2.37 bits per heavy atom. The van der Waals surface area contributed by atoms with E-state index in [0.29, 0.717) is 33.5 Å². The number of nitrogens with two attached hydrogens (primary N) is 1. The van der Waals surface area contributed by atoms with Gasteiger partial charge in [-0.05, 0) is 67.1 Å². The first kappa shape index (κ1) is 30.6. The van der Waals surface area contributed by atoms with E-state index in [1.807, 2.05) is 36.4 Å². The van der Waals surface area contributed by atoms with Crippen LogP contribution in [-0.4, -0.2) is 37.9 Å². The highest BCUT2D eigenvalue weighted by Crippen LogP contribution is 2.29. The van der Waals surface area contributed by atoms with Gasteiger partial charge in [-0.25, -0.2) is 0 Å². The number of nitrogens with zero attached hydrogens (tertiary/aromatic N) is 1. The van der Waals surface area contributed by atoms with Gasteiger partial charge in [0.25, 0.3) is 5.91 Å². The van der Waals surface area contributed by atoms with Crippen LogP contribution in [0.25, 0.3) is 0 Å². The van der Waals surface area contributed by atoms with E-state index < -0.39 is 0 Å². The van der Waals surface area contributed by atoms with Crippen LogP contribution in [0.15, 0.2) is 66.7 Å². The topological polar surface area (TPSA) is 91.4 Å². The van der Waals surface area contributed by atoms with Gasteiger partial charge >= 0.3 is 0 Å². The Kier molecular flexibility index (Phi) is 10.8. The van der Waals surface area contributed by atoms with Crippen LogP contribution in [0.4, 0.5) is 11.4 Å². The summed E-state index contributed by atoms with van der Waals surface area (Å²) < 4.78 is 5.32. The molecule has 0 radical (unpaired) electrons. The van der Waals surface area contributed by atoms with E-state index >= 15 is 0 Å². The zero-order valence-corrected chi connectivity index (χ0v) is 25.2. The minimum atomic E-state index is -0.248. The number of ether oxygens (including phenoxy) is 1. The van der Waals surface area contributed by atoms with E-state index in [1.165, 1.54) is 12.1 Å². The summed E-state index contributed by atoms with van der Waals surface area (Å²) >= 11 is 6.45. The Labute approximate surface area is 249 Å². The number of amides is 1. The van der Waals surface area contributed by atoms with Crippen molar-refractivity contribution >= 4 is 34.6 Å². The molecule has 41 heavy (non-hydrogen) atoms. The predicted octanol–water partition coefficient (Wildman–Crippen LogP) is 7.50. The molecule has 1 saturated heterocycles. The molecule has 4 rings (SSSR count). The molecule has 1 aliphatic heterocycles. The van der Waals surface area contributed by atoms with Gasteiger partial charge in [-0.2, -0.15) is 0 Å². The smallest absolute Gasteiger partial charge is 0.251 e. The van der Waals surface area contributed by atoms with Gasteiger partial charge < -0.3 is 20.7 Å². The molecule has 1 amide bonds. The summed E-state index contributed by atoms with van der Waals surface area (Å²) in [5, 5.41) is 12.7. The molecule has 1 atom stereocenters. The van der Waals surface area contributed by atoms with E-state index in [0.717, 1.165) is 56.7 Å². The maximum absolute atomic E-state index is 13.3. The first-order valence-electron chi connectivity index (χ1n) is 14.7. The Bertz CT molecular complexity index is 1320. The van der Waals surface area contributed by atoms with Gasteiger partial charge in [0, 0.05) is 52.1 Å². The number of hydrogen-bond acceptors (Lipinski definition) is 5. The van der Waals surface area contributed by atoms with Crippen molar-refractivity contribution in [3.05, 3.63) is 94.0 Å². The molecule has 218 valence electrons. The van der Waals surface area contributed by atoms with Crippen LogP contribution in [0.5, 0.6) is 0 Å². The maximum atomic E-state index is 13.3. The number of rotatable bonds is 14. The molecule has 0 aromatic heterocycles. The van der Waals surface area contributed by atoms with Gasteiger partial charge in [-0.3, -0.25) is 10.2 Å². The van der Waals surface area contributed by atoms with Crippen molar-refractivity contribution in [1.82, 2.24) is 5.32 Å². The Morgan fingerprint density at radius 1 is 1.05 bits per heavy atom. The third-order valence-electron chi connectivity index (χ3n) is 7.83. The van der Waals surface area contributed by atoms with Crippen molar-refractivity contribution in [2.45, 2.75) is 52.5 Å². The number of carbonyl (C=O) groups is 1. The molecule has 3 aromatic rings. The van der Waals surface area contributed by atoms with E-state index in [2.05, 4.69) is 43.1 Å². The largest absolute Gasteiger partial charge is 0.398 e. The minimum absolute atomic E-state index is 0.132. The van der Waals surface area contributed by atoms with Crippen molar-refractivity contribution in [3.63, 3.8) is 0 Å². The minimum Gasteiger partial charge on any atom is -0.398 e. The molecule has 3 aromatic carbocycles. The number of anilines is 2. The Balaban J connectivity index is 1.48. The van der Waals surface area contributed by atoms with Crippen LogP contribution in [-0.2, 0) is 4.74 Å². The molecule has 0 bridgehead atoms. The number of benzene rings is 3. The Morgan fingerprint density at radius 2 is 1.73 bits per heavy atom. The second kappa shape index (κ2) is 14.5. The number of halogens is 1. The molecule has 1 unspecified atom stereocenters. The highest BCUT2D eigenvalue weighted by molar-refractivity contribution is 6.31. The fourth-order valence-corrected chi connectivity index (χ4v) is 5.46. The second-order valence-electron chi connectivity index (χ2n) is 11.3. The molecule has 7 heteroatoms. The van der Waals surface area contributed by atoms with E-state index in [9.17, 15) is 4.79 Å². The molecular weight excluding hydrogens is 532 g/mol. The van der Waals surface area contributed by atoms with Crippen LogP contribution in [0.1, 0.15) is 79.5 Å². The number of nitrogen functional groups attached to an aromatic ring is 1. The average molecular weight is 575 g/mol. The highest BCUT2D eigenvalue weighted by atomic mass is 35.5. The van der Waals surface area contributed by atoms with Gasteiger partial charge in [0.05, 0.1) is 25.0 Å². The third kappa shape index (κ3) is 7.90. The first-order valence-corrected chi connectivity index (χ1v) is 15.1. The molecule has 4 N–H and O–H groups in total. The second-order valence-corrected chi connectivity index (χ2v) is 11.7. The predicted molar refractivity (Wildman–Crippen MR) is 170 cm³/mol. The molecule has 0 saturated carbocycles. The number of carbonyl (C=O) groups excluding carboxylic acids is 1. The summed E-state index contributed by atoms with van der Waals surface area (Å²) in [7, 11) is 0. The van der Waals surface area contributed by atoms with Crippen LogP contribution in [0.3, 0.4) is 0 Å². The molecule has 0 spiro atoms. The fraction of sp³-hybridized carbons (Fsp3) is 0.412. The van der Waals surface area contributed by atoms with Crippen LogP contribution < -0.4 is 16.0 Å². The summed E-state index contributed by atoms with van der Waals surface area (Å²) in [6, 6.07) is 20.6. The van der Waals surface area contributed by atoms with Gasteiger partial charge in [-0.1, -0.05) is 69.1 Å². The van der Waals surface area contributed by atoms with Crippen molar-refractivity contribution in [1.29, 1.82) is 5.41 Å². The van der Waals surface area contributed by atoms with Crippen molar-refractivity contribution < 1.29 is 9.53 Å². The monoisotopic (exact) mass is 574 g/mol. The van der Waals surface area contributed by atoms with Crippen LogP contribution in [0.2, 0.25) is 5.02 Å². The zero-order chi connectivity index (χ0) is 29.4. The lowest BCUT2D eigenvalue weighted by Crippen LogP contribution is -2.32. The normalized spacial score (nSPS) is 14.0. The molecule has 1 fully saturated rings. The van der Waals surface area contributed by atoms with E-state index in [1.54, 1.807) is 18.2 Å². The van der Waals surface area contributed by atoms with Gasteiger partial charge in [-0.15, -0.1) is 0 Å². The zero-order valence-electron chi connectivity index (χ0n) is 24.5. The lowest BCUT2D eigenvalue weighted by molar-refractivity contribution is -0.0359. The quantitative estimate of drug-likeness (QED) is 0.137. The number of hydrogen-bond donors (Lipinski definition) is 3. The third-order valence-corrected chi connectivity index (χ3v) is 8.17. The van der Waals surface area contributed by atoms with Crippen LogP contribution >= 0.6 is 11.6 Å². The fourth-order valence-electron chi connectivity index (χ4n) is 5.20. The van der Waals surface area contributed by atoms with Gasteiger partial charge in [0.1, 0.15) is 0 Å².